The molecule has 0 amide bonds. The molecule has 2 heterocycles. The van der Waals surface area contributed by atoms with Gasteiger partial charge in [0.25, 0.3) is 0 Å². The quantitative estimate of drug-likeness (QED) is 0.221. The molecule has 3 saturated carbocycles. The van der Waals surface area contributed by atoms with Crippen LogP contribution in [0.1, 0.15) is 79.1 Å². The van der Waals surface area contributed by atoms with Gasteiger partial charge >= 0.3 is 0 Å². The molecule has 0 spiro atoms. The first-order valence-electron chi connectivity index (χ1n) is 17.0. The highest BCUT2D eigenvalue weighted by atomic mass is 16.7. The van der Waals surface area contributed by atoms with Crippen LogP contribution in [0.15, 0.2) is 11.6 Å². The Morgan fingerprint density at radius 2 is 1.82 bits per heavy atom. The third-order valence-electron chi connectivity index (χ3n) is 13.4. The molecule has 0 aromatic rings. The number of allylic oxidation sites excluding steroid dienone is 1. The average molecular weight is 625 g/mol. The summed E-state index contributed by atoms with van der Waals surface area (Å²) in [4.78, 5) is 0. The number of hydrogen-bond donors (Lipinski definition) is 6. The van der Waals surface area contributed by atoms with E-state index < -0.39 is 43.1 Å². The van der Waals surface area contributed by atoms with E-state index in [0.717, 1.165) is 44.9 Å². The van der Waals surface area contributed by atoms with Crippen molar-refractivity contribution in [3.8, 4) is 0 Å². The molecule has 252 valence electrons. The maximum absolute atomic E-state index is 11.9. The monoisotopic (exact) mass is 624 g/mol. The predicted octanol–water partition coefficient (Wildman–Crippen LogP) is 2.12. The van der Waals surface area contributed by atoms with Crippen LogP contribution in [0.3, 0.4) is 0 Å². The lowest BCUT2D eigenvalue weighted by atomic mass is 9.46. The van der Waals surface area contributed by atoms with Gasteiger partial charge in [0.05, 0.1) is 31.5 Å². The van der Waals surface area contributed by atoms with E-state index in [0.29, 0.717) is 18.3 Å². The van der Waals surface area contributed by atoms with E-state index in [1.165, 1.54) is 5.57 Å². The molecule has 0 aromatic carbocycles. The van der Waals surface area contributed by atoms with E-state index in [9.17, 15) is 30.6 Å². The molecule has 10 nitrogen and oxygen atoms in total. The lowest BCUT2D eigenvalue weighted by Gasteiger charge is -2.60. The van der Waals surface area contributed by atoms with Gasteiger partial charge in [0.2, 0.25) is 0 Å². The zero-order valence-corrected chi connectivity index (χ0v) is 27.0. The third-order valence-corrected chi connectivity index (χ3v) is 13.4. The SMILES string of the molecule is CO[C@]1(CC[C@@H](C)CO[C@@H]2O[C@H](CO)[C@@H](O)[C@H](O)[C@H]2O)O[C@H]2C[C@H]3[C@@H]4CC=C5C[C@@H](O)CC[C@]5(C)[C@H]4[C@H](O)C[C@]3(C)[C@H]2[C@@H]1C. The van der Waals surface area contributed by atoms with Crippen LogP contribution in [0.5, 0.6) is 0 Å². The van der Waals surface area contributed by atoms with E-state index in [2.05, 4.69) is 26.8 Å². The van der Waals surface area contributed by atoms with Crippen molar-refractivity contribution >= 4 is 0 Å². The number of aliphatic hydroxyl groups excluding tert-OH is 6. The molecule has 0 radical (unpaired) electrons. The van der Waals surface area contributed by atoms with Crippen LogP contribution < -0.4 is 0 Å². The second kappa shape index (κ2) is 12.1. The number of ether oxygens (including phenoxy) is 4. The molecule has 44 heavy (non-hydrogen) atoms. The van der Waals surface area contributed by atoms with Crippen molar-refractivity contribution in [3.63, 3.8) is 0 Å². The van der Waals surface area contributed by atoms with Crippen molar-refractivity contribution in [1.29, 1.82) is 0 Å². The molecule has 0 unspecified atom stereocenters. The Kier molecular flexibility index (Phi) is 9.14. The number of methoxy groups -OCH3 is 1. The maximum Gasteiger partial charge on any atom is 0.186 e. The van der Waals surface area contributed by atoms with Gasteiger partial charge in [-0.3, -0.25) is 0 Å². The van der Waals surface area contributed by atoms with Crippen LogP contribution in [0.4, 0.5) is 0 Å². The van der Waals surface area contributed by atoms with Crippen molar-refractivity contribution < 1.29 is 49.6 Å². The Hall–Kier alpha value is -0.660. The summed E-state index contributed by atoms with van der Waals surface area (Å²) in [5.41, 5.74) is 1.25. The lowest BCUT2D eigenvalue weighted by molar-refractivity contribution is -0.303. The minimum absolute atomic E-state index is 0.0445. The largest absolute Gasteiger partial charge is 0.394 e. The summed E-state index contributed by atoms with van der Waals surface area (Å²) in [5, 5.41) is 62.1. The Labute approximate surface area is 261 Å². The number of rotatable bonds is 8. The van der Waals surface area contributed by atoms with E-state index in [1.807, 2.05) is 6.92 Å². The molecule has 2 saturated heterocycles. The Morgan fingerprint density at radius 3 is 2.52 bits per heavy atom. The van der Waals surface area contributed by atoms with Crippen molar-refractivity contribution in [2.75, 3.05) is 20.3 Å². The Bertz CT molecular complexity index is 1070. The van der Waals surface area contributed by atoms with Crippen molar-refractivity contribution in [2.45, 2.75) is 134 Å². The van der Waals surface area contributed by atoms with Gasteiger partial charge < -0.3 is 49.6 Å². The van der Waals surface area contributed by atoms with Gasteiger partial charge in [-0.15, -0.1) is 0 Å². The van der Waals surface area contributed by atoms with Gasteiger partial charge in [0, 0.05) is 19.4 Å². The van der Waals surface area contributed by atoms with Gasteiger partial charge in [-0.05, 0) is 85.4 Å². The third kappa shape index (κ3) is 5.15. The Morgan fingerprint density at radius 1 is 1.07 bits per heavy atom. The summed E-state index contributed by atoms with van der Waals surface area (Å²) in [6.45, 7) is 8.77. The molecule has 0 bridgehead atoms. The molecule has 2 aliphatic heterocycles. The van der Waals surface area contributed by atoms with Crippen molar-refractivity contribution in [2.24, 2.45) is 46.3 Å². The number of aliphatic hydroxyl groups is 6. The van der Waals surface area contributed by atoms with E-state index in [-0.39, 0.29) is 59.4 Å². The summed E-state index contributed by atoms with van der Waals surface area (Å²) < 4.78 is 24.4. The van der Waals surface area contributed by atoms with Crippen LogP contribution in [0.2, 0.25) is 0 Å². The van der Waals surface area contributed by atoms with Crippen LogP contribution in [-0.4, -0.2) is 106 Å². The molecule has 4 aliphatic carbocycles. The van der Waals surface area contributed by atoms with E-state index >= 15 is 0 Å². The minimum Gasteiger partial charge on any atom is -0.394 e. The fourth-order valence-electron chi connectivity index (χ4n) is 11.1. The Balaban J connectivity index is 1.11. The average Bonchev–Trinajstić information content (AvgIpc) is 3.44. The summed E-state index contributed by atoms with van der Waals surface area (Å²) in [6, 6.07) is 0. The number of hydrogen-bond acceptors (Lipinski definition) is 10. The highest BCUT2D eigenvalue weighted by molar-refractivity contribution is 5.27. The highest BCUT2D eigenvalue weighted by Crippen LogP contribution is 2.70. The van der Waals surface area contributed by atoms with Gasteiger partial charge in [-0.1, -0.05) is 39.3 Å². The summed E-state index contributed by atoms with van der Waals surface area (Å²) in [6.07, 6.45) is 1.97. The lowest BCUT2D eigenvalue weighted by Crippen LogP contribution is -2.59. The molecule has 17 atom stereocenters. The van der Waals surface area contributed by atoms with Crippen molar-refractivity contribution in [1.82, 2.24) is 0 Å². The molecular formula is C34H56O10. The van der Waals surface area contributed by atoms with Crippen LogP contribution in [0, 0.1) is 46.3 Å². The van der Waals surface area contributed by atoms with Gasteiger partial charge in [0.15, 0.2) is 12.1 Å². The zero-order valence-electron chi connectivity index (χ0n) is 27.0. The standard InChI is InChI=1S/C34H56O10/c1-17(16-42-31-30(40)29(39)28(38)25(15-35)43-31)8-11-34(41-5)18(2)26-24(44-34)13-22-21-7-6-19-12-20(36)9-10-32(19,3)27(21)23(37)14-33(22,26)4/h6,17-18,20-31,35-40H,7-16H2,1-5H3/t17-,18+,20+,21+,22+,23-,24+,25-,26+,27-,28-,29+,30-,31-,32+,33+,34-/m1/s1. The minimum atomic E-state index is -1.46. The smallest absolute Gasteiger partial charge is 0.186 e. The first-order chi connectivity index (χ1) is 20.8. The fraction of sp³-hybridized carbons (Fsp3) is 0.941. The van der Waals surface area contributed by atoms with E-state index in [4.69, 9.17) is 18.9 Å². The normalized spacial score (nSPS) is 54.2. The molecule has 6 N–H and O–H groups in total. The number of fused-ring (bicyclic) bond motifs is 7. The maximum atomic E-state index is 11.9. The first-order valence-corrected chi connectivity index (χ1v) is 17.0. The highest BCUT2D eigenvalue weighted by Gasteiger charge is 2.69. The fourth-order valence-corrected chi connectivity index (χ4v) is 11.1. The molecule has 6 rings (SSSR count). The van der Waals surface area contributed by atoms with Gasteiger partial charge in [-0.2, -0.15) is 0 Å². The van der Waals surface area contributed by atoms with Gasteiger partial charge in [-0.25, -0.2) is 0 Å². The van der Waals surface area contributed by atoms with Gasteiger partial charge in [0.1, 0.15) is 24.4 Å². The first kappa shape index (κ1) is 33.2. The van der Waals surface area contributed by atoms with Crippen LogP contribution in [0.25, 0.3) is 0 Å². The van der Waals surface area contributed by atoms with Crippen LogP contribution >= 0.6 is 0 Å². The predicted molar refractivity (Wildman–Crippen MR) is 160 cm³/mol. The molecule has 6 aliphatic rings. The molecule has 0 aromatic heterocycles. The molecule has 5 fully saturated rings. The van der Waals surface area contributed by atoms with Crippen LogP contribution in [-0.2, 0) is 18.9 Å². The topological polar surface area (TPSA) is 158 Å². The zero-order chi connectivity index (χ0) is 31.8. The second-order valence-corrected chi connectivity index (χ2v) is 15.7. The van der Waals surface area contributed by atoms with Crippen molar-refractivity contribution in [3.05, 3.63) is 11.6 Å². The molecule has 10 heteroatoms. The van der Waals surface area contributed by atoms with E-state index in [1.54, 1.807) is 7.11 Å². The summed E-state index contributed by atoms with van der Waals surface area (Å²) >= 11 is 0. The second-order valence-electron chi connectivity index (χ2n) is 15.7. The summed E-state index contributed by atoms with van der Waals surface area (Å²) in [7, 11) is 1.73. The summed E-state index contributed by atoms with van der Waals surface area (Å²) in [5.74, 6) is 0.817. The molecular weight excluding hydrogens is 568 g/mol.